The number of ether oxygens (including phenoxy) is 1. The van der Waals surface area contributed by atoms with Crippen molar-refractivity contribution in [3.63, 3.8) is 0 Å². The molecule has 0 atom stereocenters. The average Bonchev–Trinajstić information content (AvgIpc) is 2.61. The molecule has 2 aromatic rings. The van der Waals surface area contributed by atoms with E-state index in [9.17, 15) is 0 Å². The molecule has 0 bridgehead atoms. The van der Waals surface area contributed by atoms with E-state index in [1.807, 2.05) is 24.3 Å². The summed E-state index contributed by atoms with van der Waals surface area (Å²) in [6, 6.07) is 9.26. The van der Waals surface area contributed by atoms with E-state index in [0.717, 1.165) is 11.0 Å². The van der Waals surface area contributed by atoms with Crippen LogP contribution in [-0.2, 0) is 0 Å². The summed E-state index contributed by atoms with van der Waals surface area (Å²) in [7, 11) is 0. The fraction of sp³-hybridized carbons (Fsp3) is 0.100. The normalized spacial score (nSPS) is 9.77. The zero-order chi connectivity index (χ0) is 9.10. The first-order valence-corrected chi connectivity index (χ1v) is 3.87. The van der Waals surface area contributed by atoms with Gasteiger partial charge in [-0.15, -0.1) is 0 Å². The largest absolute Gasteiger partial charge is 0.479 e. The molecule has 3 heteroatoms. The fourth-order valence-corrected chi connectivity index (χ4v) is 1.14. The highest BCUT2D eigenvalue weighted by molar-refractivity contribution is 5.78. The maximum atomic E-state index is 8.30. The van der Waals surface area contributed by atoms with Gasteiger partial charge in [-0.05, 0) is 18.2 Å². The molecule has 0 N–H and O–H groups in total. The van der Waals surface area contributed by atoms with Gasteiger partial charge in [-0.1, -0.05) is 0 Å². The van der Waals surface area contributed by atoms with Gasteiger partial charge in [-0.3, -0.25) is 0 Å². The number of hydrogen-bond donors (Lipinski definition) is 0. The van der Waals surface area contributed by atoms with Gasteiger partial charge in [0, 0.05) is 11.5 Å². The number of benzene rings is 1. The molecule has 0 aliphatic rings. The van der Waals surface area contributed by atoms with Gasteiger partial charge in [0.2, 0.25) is 0 Å². The van der Waals surface area contributed by atoms with Gasteiger partial charge in [-0.25, -0.2) is 0 Å². The quantitative estimate of drug-likeness (QED) is 0.700. The third-order valence-electron chi connectivity index (χ3n) is 1.73. The zero-order valence-electron chi connectivity index (χ0n) is 6.86. The Hall–Kier alpha value is -1.95. The molecule has 0 aliphatic heterocycles. The van der Waals surface area contributed by atoms with Crippen molar-refractivity contribution in [2.75, 3.05) is 6.61 Å². The summed E-state index contributed by atoms with van der Waals surface area (Å²) in [6.07, 6.45) is 1.62. The predicted molar refractivity (Wildman–Crippen MR) is 47.3 cm³/mol. The lowest BCUT2D eigenvalue weighted by Crippen LogP contribution is -1.92. The van der Waals surface area contributed by atoms with Crippen molar-refractivity contribution < 1.29 is 9.15 Å². The first-order chi connectivity index (χ1) is 6.40. The lowest BCUT2D eigenvalue weighted by atomic mass is 10.2. The van der Waals surface area contributed by atoms with E-state index in [1.165, 1.54) is 0 Å². The molecule has 0 saturated heterocycles. The Bertz CT molecular complexity index is 453. The Morgan fingerprint density at radius 2 is 2.31 bits per heavy atom. The zero-order valence-corrected chi connectivity index (χ0v) is 6.86. The molecule has 13 heavy (non-hydrogen) atoms. The van der Waals surface area contributed by atoms with E-state index in [2.05, 4.69) is 0 Å². The van der Waals surface area contributed by atoms with Crippen LogP contribution in [0.4, 0.5) is 0 Å². The Morgan fingerprint density at radius 1 is 1.38 bits per heavy atom. The first-order valence-electron chi connectivity index (χ1n) is 3.87. The van der Waals surface area contributed by atoms with Crippen LogP contribution in [0, 0.1) is 11.3 Å². The van der Waals surface area contributed by atoms with Crippen molar-refractivity contribution in [1.29, 1.82) is 5.26 Å². The molecule has 0 unspecified atom stereocenters. The second-order valence-electron chi connectivity index (χ2n) is 2.57. The Kier molecular flexibility index (Phi) is 1.89. The first kappa shape index (κ1) is 7.69. The monoisotopic (exact) mass is 173 g/mol. The molecule has 0 amide bonds. The van der Waals surface area contributed by atoms with E-state index in [0.29, 0.717) is 5.75 Å². The number of fused-ring (bicyclic) bond motifs is 1. The Morgan fingerprint density at radius 3 is 3.15 bits per heavy atom. The summed E-state index contributed by atoms with van der Waals surface area (Å²) < 4.78 is 10.3. The highest BCUT2D eigenvalue weighted by atomic mass is 16.5. The molecule has 64 valence electrons. The van der Waals surface area contributed by atoms with Gasteiger partial charge in [-0.2, -0.15) is 5.26 Å². The van der Waals surface area contributed by atoms with Crippen LogP contribution in [0.2, 0.25) is 0 Å². The van der Waals surface area contributed by atoms with Crippen molar-refractivity contribution in [1.82, 2.24) is 0 Å². The highest BCUT2D eigenvalue weighted by Gasteiger charge is 1.98. The summed E-state index contributed by atoms with van der Waals surface area (Å²) in [6.45, 7) is 0.0617. The van der Waals surface area contributed by atoms with E-state index in [4.69, 9.17) is 14.4 Å². The summed E-state index contributed by atoms with van der Waals surface area (Å²) in [5, 5.41) is 9.33. The molecule has 1 heterocycles. The van der Waals surface area contributed by atoms with Gasteiger partial charge >= 0.3 is 0 Å². The minimum atomic E-state index is 0.0617. The minimum Gasteiger partial charge on any atom is -0.479 e. The molecule has 3 nitrogen and oxygen atoms in total. The molecule has 0 aliphatic carbocycles. The number of nitriles is 1. The van der Waals surface area contributed by atoms with Crippen molar-refractivity contribution in [3.8, 4) is 11.8 Å². The second kappa shape index (κ2) is 3.20. The third-order valence-corrected chi connectivity index (χ3v) is 1.73. The summed E-state index contributed by atoms with van der Waals surface area (Å²) in [5.41, 5.74) is 0.774. The minimum absolute atomic E-state index is 0.0617. The van der Waals surface area contributed by atoms with Crippen molar-refractivity contribution >= 4 is 11.0 Å². The lowest BCUT2D eigenvalue weighted by molar-refractivity contribution is 0.368. The smallest absolute Gasteiger partial charge is 0.174 e. The summed E-state index contributed by atoms with van der Waals surface area (Å²) in [5.74, 6) is 0.656. The molecule has 0 fully saturated rings. The van der Waals surface area contributed by atoms with Gasteiger partial charge < -0.3 is 9.15 Å². The lowest BCUT2D eigenvalue weighted by Gasteiger charge is -1.99. The van der Waals surface area contributed by atoms with Crippen LogP contribution >= 0.6 is 0 Å². The highest BCUT2D eigenvalue weighted by Crippen LogP contribution is 2.21. The maximum absolute atomic E-state index is 8.30. The fourth-order valence-electron chi connectivity index (χ4n) is 1.14. The van der Waals surface area contributed by atoms with Gasteiger partial charge in [0.05, 0.1) is 6.26 Å². The van der Waals surface area contributed by atoms with Crippen LogP contribution in [0.5, 0.6) is 5.75 Å². The second-order valence-corrected chi connectivity index (χ2v) is 2.57. The van der Waals surface area contributed by atoms with E-state index in [-0.39, 0.29) is 6.61 Å². The topological polar surface area (TPSA) is 46.2 Å². The SMILES string of the molecule is N#CCOc1ccc2ccoc2c1. The van der Waals surface area contributed by atoms with Crippen molar-refractivity contribution in [3.05, 3.63) is 30.5 Å². The molecule has 1 aromatic heterocycles. The summed E-state index contributed by atoms with van der Waals surface area (Å²) >= 11 is 0. The summed E-state index contributed by atoms with van der Waals surface area (Å²) in [4.78, 5) is 0. The third kappa shape index (κ3) is 1.47. The van der Waals surface area contributed by atoms with Crippen molar-refractivity contribution in [2.45, 2.75) is 0 Å². The molecular weight excluding hydrogens is 166 g/mol. The van der Waals surface area contributed by atoms with E-state index in [1.54, 1.807) is 12.3 Å². The molecule has 2 rings (SSSR count). The Labute approximate surface area is 75.1 Å². The number of rotatable bonds is 2. The molecule has 0 spiro atoms. The standard InChI is InChI=1S/C10H7NO2/c11-4-6-12-9-2-1-8-3-5-13-10(8)7-9/h1-3,5,7H,6H2. The number of nitrogens with zero attached hydrogens (tertiary/aromatic N) is 1. The Balaban J connectivity index is 2.33. The average molecular weight is 173 g/mol. The van der Waals surface area contributed by atoms with Crippen LogP contribution in [-0.4, -0.2) is 6.61 Å². The maximum Gasteiger partial charge on any atom is 0.174 e. The van der Waals surface area contributed by atoms with Crippen LogP contribution < -0.4 is 4.74 Å². The van der Waals surface area contributed by atoms with Crippen LogP contribution in [0.25, 0.3) is 11.0 Å². The number of hydrogen-bond acceptors (Lipinski definition) is 3. The van der Waals surface area contributed by atoms with Gasteiger partial charge in [0.15, 0.2) is 6.61 Å². The van der Waals surface area contributed by atoms with Gasteiger partial charge in [0.25, 0.3) is 0 Å². The van der Waals surface area contributed by atoms with Crippen LogP contribution in [0.1, 0.15) is 0 Å². The van der Waals surface area contributed by atoms with Gasteiger partial charge in [0.1, 0.15) is 17.4 Å². The molecular formula is C10H7NO2. The molecule has 1 aromatic carbocycles. The predicted octanol–water partition coefficient (Wildman–Crippen LogP) is 2.34. The molecule has 0 saturated carbocycles. The van der Waals surface area contributed by atoms with E-state index >= 15 is 0 Å². The molecule has 0 radical (unpaired) electrons. The van der Waals surface area contributed by atoms with E-state index < -0.39 is 0 Å². The number of furan rings is 1. The van der Waals surface area contributed by atoms with Crippen LogP contribution in [0.15, 0.2) is 34.9 Å². The van der Waals surface area contributed by atoms with Crippen LogP contribution in [0.3, 0.4) is 0 Å². The van der Waals surface area contributed by atoms with Crippen molar-refractivity contribution in [2.24, 2.45) is 0 Å².